The zero-order valence-electron chi connectivity index (χ0n) is 17.1. The van der Waals surface area contributed by atoms with Crippen molar-refractivity contribution in [2.75, 3.05) is 0 Å². The van der Waals surface area contributed by atoms with E-state index in [1.54, 1.807) is 36.9 Å². The van der Waals surface area contributed by atoms with E-state index in [1.165, 1.54) is 0 Å². The minimum absolute atomic E-state index is 0.229. The second kappa shape index (κ2) is 7.68. The Bertz CT molecular complexity index is 1400. The van der Waals surface area contributed by atoms with Crippen LogP contribution in [0.4, 0.5) is 0 Å². The number of para-hydroxylation sites is 1. The number of hydrogen-bond acceptors (Lipinski definition) is 4. The van der Waals surface area contributed by atoms with Crippen LogP contribution < -0.4 is 0 Å². The lowest BCUT2D eigenvalue weighted by Crippen LogP contribution is -2.05. The lowest BCUT2D eigenvalue weighted by molar-refractivity contribution is 0.0697. The van der Waals surface area contributed by atoms with Crippen molar-refractivity contribution in [2.24, 2.45) is 0 Å². The number of pyridine rings is 1. The van der Waals surface area contributed by atoms with Gasteiger partial charge in [0.1, 0.15) is 11.3 Å². The number of fused-ring (bicyclic) bond motifs is 2. The van der Waals surface area contributed by atoms with Gasteiger partial charge in [0.15, 0.2) is 0 Å². The molecule has 7 heteroatoms. The second-order valence-corrected chi connectivity index (χ2v) is 7.48. The summed E-state index contributed by atoms with van der Waals surface area (Å²) < 4.78 is 4.20. The second-order valence-electron chi connectivity index (χ2n) is 7.48. The lowest BCUT2D eigenvalue weighted by Gasteiger charge is -2.10. The van der Waals surface area contributed by atoms with E-state index < -0.39 is 5.97 Å². The molecule has 1 aromatic carbocycles. The monoisotopic (exact) mass is 411 g/mol. The zero-order chi connectivity index (χ0) is 21.4. The van der Waals surface area contributed by atoms with E-state index in [0.29, 0.717) is 12.2 Å². The topological polar surface area (TPSA) is 85.3 Å². The number of carbonyl (C=O) groups is 1. The van der Waals surface area contributed by atoms with Crippen molar-refractivity contribution in [1.82, 2.24) is 23.9 Å². The largest absolute Gasteiger partial charge is 0.478 e. The Labute approximate surface area is 178 Å². The third-order valence-corrected chi connectivity index (χ3v) is 5.45. The van der Waals surface area contributed by atoms with Gasteiger partial charge in [-0.15, -0.1) is 0 Å². The number of rotatable bonds is 6. The molecule has 0 saturated heterocycles. The number of imidazole rings is 1. The molecular weight excluding hydrogens is 390 g/mol. The first-order valence-corrected chi connectivity index (χ1v) is 10.2. The molecule has 0 spiro atoms. The van der Waals surface area contributed by atoms with E-state index in [4.69, 9.17) is 4.98 Å². The van der Waals surface area contributed by atoms with Gasteiger partial charge < -0.3 is 14.1 Å². The van der Waals surface area contributed by atoms with Crippen LogP contribution in [0.3, 0.4) is 0 Å². The molecule has 5 rings (SSSR count). The molecule has 154 valence electrons. The van der Waals surface area contributed by atoms with Gasteiger partial charge in [-0.2, -0.15) is 0 Å². The van der Waals surface area contributed by atoms with E-state index in [1.807, 2.05) is 16.5 Å². The Morgan fingerprint density at radius 1 is 1.13 bits per heavy atom. The van der Waals surface area contributed by atoms with E-state index in [2.05, 4.69) is 39.7 Å². The number of aromatic carboxylic acids is 1. The number of hydrogen-bond donors (Lipinski definition) is 1. The standard InChI is InChI=1S/C24H21N5O2/c1-2-5-20-23(27-22-13-17(24(30)31)8-11-28(20)22)21-12-16-6-3-4-7-19(16)29(21)15-18-14-25-9-10-26-18/h3-4,6-14H,2,5,15H2,1H3,(H,30,31). The molecule has 0 aliphatic heterocycles. The van der Waals surface area contributed by atoms with Crippen molar-refractivity contribution in [3.8, 4) is 11.4 Å². The van der Waals surface area contributed by atoms with Crippen LogP contribution >= 0.6 is 0 Å². The molecule has 0 fully saturated rings. The summed E-state index contributed by atoms with van der Waals surface area (Å²) in [5.74, 6) is -0.958. The summed E-state index contributed by atoms with van der Waals surface area (Å²) in [6.07, 6.45) is 8.72. The maximum atomic E-state index is 11.5. The first kappa shape index (κ1) is 19.0. The van der Waals surface area contributed by atoms with Crippen molar-refractivity contribution in [2.45, 2.75) is 26.3 Å². The van der Waals surface area contributed by atoms with Crippen LogP contribution in [-0.2, 0) is 13.0 Å². The Hall–Kier alpha value is -4.00. The van der Waals surface area contributed by atoms with Crippen LogP contribution in [0.1, 0.15) is 35.1 Å². The van der Waals surface area contributed by atoms with Gasteiger partial charge in [-0.1, -0.05) is 31.5 Å². The third-order valence-electron chi connectivity index (χ3n) is 5.45. The van der Waals surface area contributed by atoms with Crippen LogP contribution in [0.25, 0.3) is 27.9 Å². The minimum atomic E-state index is -0.958. The van der Waals surface area contributed by atoms with E-state index in [9.17, 15) is 9.90 Å². The van der Waals surface area contributed by atoms with Gasteiger partial charge in [0.25, 0.3) is 0 Å². The molecule has 0 aliphatic carbocycles. The van der Waals surface area contributed by atoms with Crippen LogP contribution in [0, 0.1) is 0 Å². The van der Waals surface area contributed by atoms with Gasteiger partial charge in [-0.05, 0) is 30.7 Å². The molecule has 0 bridgehead atoms. The Morgan fingerprint density at radius 3 is 2.77 bits per heavy atom. The Balaban J connectivity index is 1.75. The highest BCUT2D eigenvalue weighted by molar-refractivity contribution is 5.90. The maximum absolute atomic E-state index is 11.5. The highest BCUT2D eigenvalue weighted by Crippen LogP contribution is 2.32. The molecule has 0 unspecified atom stereocenters. The first-order valence-electron chi connectivity index (χ1n) is 10.2. The molecule has 0 saturated carbocycles. The summed E-state index contributed by atoms with van der Waals surface area (Å²) in [5, 5.41) is 10.5. The summed E-state index contributed by atoms with van der Waals surface area (Å²) in [7, 11) is 0. The smallest absolute Gasteiger partial charge is 0.335 e. The number of benzene rings is 1. The lowest BCUT2D eigenvalue weighted by atomic mass is 10.1. The number of carboxylic acids is 1. The fourth-order valence-electron chi connectivity index (χ4n) is 4.06. The normalized spacial score (nSPS) is 11.4. The number of aryl methyl sites for hydroxylation is 1. The number of aromatic nitrogens is 5. The molecule has 0 atom stereocenters. The van der Waals surface area contributed by atoms with Crippen molar-refractivity contribution in [1.29, 1.82) is 0 Å². The maximum Gasteiger partial charge on any atom is 0.335 e. The van der Waals surface area contributed by atoms with Crippen LogP contribution in [-0.4, -0.2) is 35.0 Å². The van der Waals surface area contributed by atoms with Gasteiger partial charge in [-0.25, -0.2) is 9.78 Å². The molecule has 5 aromatic rings. The van der Waals surface area contributed by atoms with Gasteiger partial charge in [0, 0.05) is 29.5 Å². The summed E-state index contributed by atoms with van der Waals surface area (Å²) in [4.78, 5) is 25.0. The molecule has 0 radical (unpaired) electrons. The molecule has 1 N–H and O–H groups in total. The molecule has 31 heavy (non-hydrogen) atoms. The van der Waals surface area contributed by atoms with Gasteiger partial charge in [-0.3, -0.25) is 9.97 Å². The first-order chi connectivity index (χ1) is 15.2. The molecule has 4 heterocycles. The summed E-state index contributed by atoms with van der Waals surface area (Å²) >= 11 is 0. The fourth-order valence-corrected chi connectivity index (χ4v) is 4.06. The quantitative estimate of drug-likeness (QED) is 0.446. The van der Waals surface area contributed by atoms with E-state index in [-0.39, 0.29) is 5.56 Å². The molecule has 0 amide bonds. The predicted molar refractivity (Wildman–Crippen MR) is 118 cm³/mol. The Kier molecular flexibility index (Phi) is 4.71. The molecular formula is C24H21N5O2. The zero-order valence-corrected chi connectivity index (χ0v) is 17.1. The highest BCUT2D eigenvalue weighted by atomic mass is 16.4. The molecule has 7 nitrogen and oxygen atoms in total. The minimum Gasteiger partial charge on any atom is -0.478 e. The summed E-state index contributed by atoms with van der Waals surface area (Å²) in [5.41, 5.74) is 5.73. The molecule has 4 aromatic heterocycles. The predicted octanol–water partition coefficient (Wildman–Crippen LogP) is 4.45. The average molecular weight is 411 g/mol. The third kappa shape index (κ3) is 3.34. The van der Waals surface area contributed by atoms with Gasteiger partial charge in [0.05, 0.1) is 35.4 Å². The highest BCUT2D eigenvalue weighted by Gasteiger charge is 2.20. The van der Waals surface area contributed by atoms with Crippen LogP contribution in [0.2, 0.25) is 0 Å². The average Bonchev–Trinajstić information content (AvgIpc) is 3.33. The number of carboxylic acid groups (broad SMARTS) is 1. The fraction of sp³-hybridized carbons (Fsp3) is 0.167. The van der Waals surface area contributed by atoms with Crippen molar-refractivity contribution in [3.63, 3.8) is 0 Å². The van der Waals surface area contributed by atoms with E-state index in [0.717, 1.165) is 46.5 Å². The SMILES string of the molecule is CCCc1c(-c2cc3ccccc3n2Cc2cnccn2)nc2cc(C(=O)O)ccn12. The van der Waals surface area contributed by atoms with Crippen molar-refractivity contribution in [3.05, 3.63) is 84.2 Å². The van der Waals surface area contributed by atoms with Crippen LogP contribution in [0.15, 0.2) is 67.3 Å². The van der Waals surface area contributed by atoms with Gasteiger partial charge >= 0.3 is 5.97 Å². The van der Waals surface area contributed by atoms with Crippen molar-refractivity contribution < 1.29 is 9.90 Å². The summed E-state index contributed by atoms with van der Waals surface area (Å²) in [6.45, 7) is 2.69. The van der Waals surface area contributed by atoms with E-state index >= 15 is 0 Å². The van der Waals surface area contributed by atoms with Gasteiger partial charge in [0.2, 0.25) is 0 Å². The number of nitrogens with zero attached hydrogens (tertiary/aromatic N) is 5. The molecule has 0 aliphatic rings. The Morgan fingerprint density at radius 2 is 2.00 bits per heavy atom. The summed E-state index contributed by atoms with van der Waals surface area (Å²) in [6, 6.07) is 13.6. The van der Waals surface area contributed by atoms with Crippen LogP contribution in [0.5, 0.6) is 0 Å². The van der Waals surface area contributed by atoms with Crippen molar-refractivity contribution >= 4 is 22.5 Å².